The van der Waals surface area contributed by atoms with Crippen LogP contribution in [0.25, 0.3) is 0 Å². The molecule has 0 bridgehead atoms. The minimum atomic E-state index is -0.754. The number of hydrogen-bond donors (Lipinski definition) is 1. The van der Waals surface area contributed by atoms with Crippen LogP contribution in [0.5, 0.6) is 5.75 Å². The lowest BCUT2D eigenvalue weighted by atomic mass is 10.0. The van der Waals surface area contributed by atoms with E-state index in [1.807, 2.05) is 38.1 Å². The number of benzene rings is 1. The lowest BCUT2D eigenvalue weighted by molar-refractivity contribution is 0.197. The van der Waals surface area contributed by atoms with E-state index in [0.717, 1.165) is 5.56 Å². The van der Waals surface area contributed by atoms with Crippen molar-refractivity contribution in [1.29, 1.82) is 0 Å². The third-order valence-electron chi connectivity index (χ3n) is 2.50. The van der Waals surface area contributed by atoms with Crippen LogP contribution >= 0.6 is 0 Å². The molecule has 4 heteroatoms. The van der Waals surface area contributed by atoms with Crippen molar-refractivity contribution in [3.05, 3.63) is 53.9 Å². The Bertz CT molecular complexity index is 500. The van der Waals surface area contributed by atoms with Gasteiger partial charge in [0, 0.05) is 17.3 Å². The second kappa shape index (κ2) is 5.60. The van der Waals surface area contributed by atoms with E-state index in [4.69, 9.17) is 4.74 Å². The molecule has 2 aromatic rings. The molecule has 1 heterocycles. The molecule has 0 radical (unpaired) electrons. The molecule has 0 saturated carbocycles. The van der Waals surface area contributed by atoms with Crippen molar-refractivity contribution < 1.29 is 9.84 Å². The lowest BCUT2D eigenvalue weighted by Gasteiger charge is -2.17. The monoisotopic (exact) mass is 244 g/mol. The number of nitrogens with zero attached hydrogens (tertiary/aromatic N) is 2. The highest BCUT2D eigenvalue weighted by atomic mass is 16.5. The van der Waals surface area contributed by atoms with E-state index in [0.29, 0.717) is 11.3 Å². The van der Waals surface area contributed by atoms with Crippen LogP contribution in [0.4, 0.5) is 0 Å². The van der Waals surface area contributed by atoms with Gasteiger partial charge in [-0.2, -0.15) is 10.2 Å². The van der Waals surface area contributed by atoms with Crippen LogP contribution < -0.4 is 4.74 Å². The zero-order valence-corrected chi connectivity index (χ0v) is 10.4. The van der Waals surface area contributed by atoms with Crippen molar-refractivity contribution in [2.24, 2.45) is 0 Å². The third kappa shape index (κ3) is 2.84. The summed E-state index contributed by atoms with van der Waals surface area (Å²) in [5, 5.41) is 17.8. The Hall–Kier alpha value is -1.94. The first-order valence-corrected chi connectivity index (χ1v) is 5.88. The molecule has 94 valence electrons. The van der Waals surface area contributed by atoms with Crippen LogP contribution in [0.1, 0.15) is 31.1 Å². The smallest absolute Gasteiger partial charge is 0.125 e. The highest BCUT2D eigenvalue weighted by Gasteiger charge is 2.16. The highest BCUT2D eigenvalue weighted by molar-refractivity contribution is 5.39. The molecule has 1 N–H and O–H groups in total. The van der Waals surface area contributed by atoms with Gasteiger partial charge in [0.15, 0.2) is 0 Å². The van der Waals surface area contributed by atoms with Crippen LogP contribution in [0, 0.1) is 0 Å². The zero-order chi connectivity index (χ0) is 13.0. The summed E-state index contributed by atoms with van der Waals surface area (Å²) in [7, 11) is 0. The first-order chi connectivity index (χ1) is 8.68. The summed E-state index contributed by atoms with van der Waals surface area (Å²) in [6.45, 7) is 3.91. The maximum atomic E-state index is 10.3. The summed E-state index contributed by atoms with van der Waals surface area (Å²) in [6, 6.07) is 9.21. The molecule has 1 aromatic heterocycles. The molecule has 18 heavy (non-hydrogen) atoms. The highest BCUT2D eigenvalue weighted by Crippen LogP contribution is 2.29. The van der Waals surface area contributed by atoms with Crippen molar-refractivity contribution in [1.82, 2.24) is 10.2 Å². The van der Waals surface area contributed by atoms with E-state index in [1.54, 1.807) is 18.5 Å². The van der Waals surface area contributed by atoms with Gasteiger partial charge in [-0.25, -0.2) is 0 Å². The maximum Gasteiger partial charge on any atom is 0.125 e. The first-order valence-electron chi connectivity index (χ1n) is 5.88. The second-order valence-corrected chi connectivity index (χ2v) is 4.28. The van der Waals surface area contributed by atoms with Crippen LogP contribution in [0.3, 0.4) is 0 Å². The number of aliphatic hydroxyl groups is 1. The third-order valence-corrected chi connectivity index (χ3v) is 2.50. The van der Waals surface area contributed by atoms with E-state index in [1.165, 1.54) is 0 Å². The average Bonchev–Trinajstić information content (AvgIpc) is 2.39. The molecule has 0 saturated heterocycles. The molecule has 0 fully saturated rings. The summed E-state index contributed by atoms with van der Waals surface area (Å²) in [6.07, 6.45) is 2.42. The Kier molecular flexibility index (Phi) is 3.89. The molecule has 1 unspecified atom stereocenters. The SMILES string of the molecule is CC(C)Oc1ccccc1C(O)c1ccnnc1. The van der Waals surface area contributed by atoms with Gasteiger partial charge in [0.2, 0.25) is 0 Å². The second-order valence-electron chi connectivity index (χ2n) is 4.28. The fourth-order valence-electron chi connectivity index (χ4n) is 1.71. The largest absolute Gasteiger partial charge is 0.491 e. The predicted molar refractivity (Wildman–Crippen MR) is 68.3 cm³/mol. The molecular formula is C14H16N2O2. The van der Waals surface area contributed by atoms with Gasteiger partial charge >= 0.3 is 0 Å². The number of aliphatic hydroxyl groups excluding tert-OH is 1. The minimum absolute atomic E-state index is 0.0638. The number of para-hydroxylation sites is 1. The van der Waals surface area contributed by atoms with E-state index >= 15 is 0 Å². The molecule has 0 aliphatic heterocycles. The van der Waals surface area contributed by atoms with Gasteiger partial charge in [0.1, 0.15) is 11.9 Å². The molecule has 0 aliphatic rings. The molecule has 0 spiro atoms. The van der Waals surface area contributed by atoms with Gasteiger partial charge in [-0.1, -0.05) is 18.2 Å². The van der Waals surface area contributed by atoms with Crippen molar-refractivity contribution in [2.45, 2.75) is 26.1 Å². The van der Waals surface area contributed by atoms with E-state index < -0.39 is 6.10 Å². The molecule has 0 aliphatic carbocycles. The van der Waals surface area contributed by atoms with E-state index in [2.05, 4.69) is 10.2 Å². The Labute approximate surface area is 106 Å². The summed E-state index contributed by atoms with van der Waals surface area (Å²) in [5.41, 5.74) is 1.43. The Morgan fingerprint density at radius 1 is 1.11 bits per heavy atom. The van der Waals surface area contributed by atoms with Gasteiger partial charge < -0.3 is 9.84 Å². The quantitative estimate of drug-likeness (QED) is 0.897. The Morgan fingerprint density at radius 2 is 1.89 bits per heavy atom. The number of ether oxygens (including phenoxy) is 1. The molecule has 0 amide bonds. The molecule has 1 aromatic carbocycles. The summed E-state index contributed by atoms with van der Waals surface area (Å²) in [4.78, 5) is 0. The number of rotatable bonds is 4. The van der Waals surface area contributed by atoms with Crippen LogP contribution in [-0.4, -0.2) is 21.4 Å². The van der Waals surface area contributed by atoms with Crippen LogP contribution in [0.15, 0.2) is 42.7 Å². The van der Waals surface area contributed by atoms with Gasteiger partial charge in [-0.3, -0.25) is 0 Å². The van der Waals surface area contributed by atoms with Crippen molar-refractivity contribution in [3.63, 3.8) is 0 Å². The van der Waals surface area contributed by atoms with E-state index in [9.17, 15) is 5.11 Å². The maximum absolute atomic E-state index is 10.3. The van der Waals surface area contributed by atoms with Crippen molar-refractivity contribution >= 4 is 0 Å². The van der Waals surface area contributed by atoms with Gasteiger partial charge in [-0.15, -0.1) is 0 Å². The fraction of sp³-hybridized carbons (Fsp3) is 0.286. The summed E-state index contributed by atoms with van der Waals surface area (Å²) in [5.74, 6) is 0.691. The van der Waals surface area contributed by atoms with Crippen LogP contribution in [-0.2, 0) is 0 Å². The van der Waals surface area contributed by atoms with Gasteiger partial charge in [-0.05, 0) is 26.0 Å². The first kappa shape index (κ1) is 12.5. The molecular weight excluding hydrogens is 228 g/mol. The Balaban J connectivity index is 2.33. The summed E-state index contributed by atoms with van der Waals surface area (Å²) < 4.78 is 5.69. The number of hydrogen-bond acceptors (Lipinski definition) is 4. The van der Waals surface area contributed by atoms with Gasteiger partial charge in [0.25, 0.3) is 0 Å². The zero-order valence-electron chi connectivity index (χ0n) is 10.4. The van der Waals surface area contributed by atoms with Crippen LogP contribution in [0.2, 0.25) is 0 Å². The average molecular weight is 244 g/mol. The fourth-order valence-corrected chi connectivity index (χ4v) is 1.71. The van der Waals surface area contributed by atoms with Crippen molar-refractivity contribution in [2.75, 3.05) is 0 Å². The topological polar surface area (TPSA) is 55.2 Å². The predicted octanol–water partition coefficient (Wildman–Crippen LogP) is 2.35. The summed E-state index contributed by atoms with van der Waals surface area (Å²) >= 11 is 0. The van der Waals surface area contributed by atoms with E-state index in [-0.39, 0.29) is 6.10 Å². The number of aromatic nitrogens is 2. The minimum Gasteiger partial charge on any atom is -0.491 e. The molecule has 4 nitrogen and oxygen atoms in total. The molecule has 2 rings (SSSR count). The lowest BCUT2D eigenvalue weighted by Crippen LogP contribution is -2.10. The Morgan fingerprint density at radius 3 is 2.56 bits per heavy atom. The normalized spacial score (nSPS) is 12.4. The molecule has 1 atom stereocenters. The van der Waals surface area contributed by atoms with Gasteiger partial charge in [0.05, 0.1) is 12.3 Å². The standard InChI is InChI=1S/C14H16N2O2/c1-10(2)18-13-6-4-3-5-12(13)14(17)11-7-8-15-16-9-11/h3-10,14,17H,1-2H3. The van der Waals surface area contributed by atoms with Crippen molar-refractivity contribution in [3.8, 4) is 5.75 Å².